The molecule has 0 spiro atoms. The van der Waals surface area contributed by atoms with Gasteiger partial charge in [-0.1, -0.05) is 46.2 Å². The van der Waals surface area contributed by atoms with Gasteiger partial charge in [0, 0.05) is 17.8 Å². The first kappa shape index (κ1) is 31.9. The lowest BCUT2D eigenvalue weighted by Crippen LogP contribution is -2.21. The molecule has 222 valence electrons. The highest BCUT2D eigenvalue weighted by atomic mass is 16.5. The number of hydrogen-bond donors (Lipinski definition) is 2. The Hall–Kier alpha value is -4.66. The van der Waals surface area contributed by atoms with Crippen molar-refractivity contribution in [1.29, 1.82) is 0 Å². The molecule has 0 aliphatic carbocycles. The van der Waals surface area contributed by atoms with Gasteiger partial charge in [0.05, 0.1) is 18.6 Å². The number of amides is 2. The second-order valence-corrected chi connectivity index (χ2v) is 10.7. The summed E-state index contributed by atoms with van der Waals surface area (Å²) in [5.41, 5.74) is 2.65. The van der Waals surface area contributed by atoms with E-state index in [1.54, 1.807) is 48.5 Å². The minimum Gasteiger partial charge on any atom is -0.462 e. The molecule has 42 heavy (non-hydrogen) atoms. The minimum absolute atomic E-state index is 0.0607. The fourth-order valence-corrected chi connectivity index (χ4v) is 3.70. The lowest BCUT2D eigenvalue weighted by Gasteiger charge is -2.19. The SMILES string of the molecule is CCCCOC(=O)c1ccc(NC(=O)COC(=O)CCC(=O)Nc2ccc(Oc3ccc(C(C)(C)C)cc3)cc2)cc1. The Morgan fingerprint density at radius 1 is 0.690 bits per heavy atom. The summed E-state index contributed by atoms with van der Waals surface area (Å²) >= 11 is 0. The number of hydrogen-bond acceptors (Lipinski definition) is 7. The quantitative estimate of drug-likeness (QED) is 0.174. The molecule has 2 amide bonds. The lowest BCUT2D eigenvalue weighted by molar-refractivity contribution is -0.147. The second-order valence-electron chi connectivity index (χ2n) is 10.7. The van der Waals surface area contributed by atoms with Crippen LogP contribution in [0.4, 0.5) is 11.4 Å². The first-order chi connectivity index (χ1) is 20.0. The zero-order valence-electron chi connectivity index (χ0n) is 24.5. The van der Waals surface area contributed by atoms with Gasteiger partial charge < -0.3 is 24.8 Å². The van der Waals surface area contributed by atoms with E-state index in [1.165, 1.54) is 5.56 Å². The summed E-state index contributed by atoms with van der Waals surface area (Å²) in [7, 11) is 0. The molecule has 3 aromatic rings. The molecule has 0 aromatic heterocycles. The number of esters is 2. The van der Waals surface area contributed by atoms with Crippen LogP contribution in [-0.4, -0.2) is 37.0 Å². The number of ether oxygens (including phenoxy) is 3. The Labute approximate surface area is 246 Å². The van der Waals surface area contributed by atoms with E-state index < -0.39 is 24.5 Å². The van der Waals surface area contributed by atoms with Crippen molar-refractivity contribution in [2.45, 2.75) is 58.8 Å². The summed E-state index contributed by atoms with van der Waals surface area (Å²) in [5, 5.41) is 5.31. The molecular weight excluding hydrogens is 536 g/mol. The van der Waals surface area contributed by atoms with Crippen LogP contribution < -0.4 is 15.4 Å². The molecule has 2 N–H and O–H groups in total. The van der Waals surface area contributed by atoms with Gasteiger partial charge in [0.15, 0.2) is 6.61 Å². The van der Waals surface area contributed by atoms with Gasteiger partial charge in [-0.25, -0.2) is 4.79 Å². The summed E-state index contributed by atoms with van der Waals surface area (Å²) < 4.78 is 16.0. The third-order valence-electron chi connectivity index (χ3n) is 6.15. The van der Waals surface area contributed by atoms with Crippen molar-refractivity contribution in [3.05, 3.63) is 83.9 Å². The average Bonchev–Trinajstić information content (AvgIpc) is 2.96. The third kappa shape index (κ3) is 10.7. The summed E-state index contributed by atoms with van der Waals surface area (Å²) in [6.07, 6.45) is 1.44. The Balaban J connectivity index is 1.34. The van der Waals surface area contributed by atoms with Crippen LogP contribution in [0.1, 0.15) is 69.3 Å². The fourth-order valence-electron chi connectivity index (χ4n) is 3.70. The first-order valence-electron chi connectivity index (χ1n) is 13.9. The van der Waals surface area contributed by atoms with Gasteiger partial charge in [-0.05, 0) is 78.1 Å². The zero-order chi connectivity index (χ0) is 30.5. The van der Waals surface area contributed by atoms with E-state index in [-0.39, 0.29) is 24.2 Å². The molecule has 0 unspecified atom stereocenters. The zero-order valence-corrected chi connectivity index (χ0v) is 24.5. The molecule has 3 rings (SSSR count). The first-order valence-corrected chi connectivity index (χ1v) is 13.9. The average molecular weight is 575 g/mol. The summed E-state index contributed by atoms with van der Waals surface area (Å²) in [4.78, 5) is 48.4. The van der Waals surface area contributed by atoms with Crippen molar-refractivity contribution in [2.24, 2.45) is 0 Å². The molecule has 0 saturated heterocycles. The number of rotatable bonds is 13. The topological polar surface area (TPSA) is 120 Å². The van der Waals surface area contributed by atoms with E-state index in [1.807, 2.05) is 31.2 Å². The van der Waals surface area contributed by atoms with Crippen LogP contribution in [0.2, 0.25) is 0 Å². The lowest BCUT2D eigenvalue weighted by atomic mass is 9.87. The maximum absolute atomic E-state index is 12.3. The highest BCUT2D eigenvalue weighted by Gasteiger charge is 2.14. The van der Waals surface area contributed by atoms with Crippen LogP contribution >= 0.6 is 0 Å². The number of unbranched alkanes of at least 4 members (excludes halogenated alkanes) is 1. The molecule has 0 fully saturated rings. The van der Waals surface area contributed by atoms with Crippen molar-refractivity contribution in [3.8, 4) is 11.5 Å². The van der Waals surface area contributed by atoms with Crippen molar-refractivity contribution in [3.63, 3.8) is 0 Å². The van der Waals surface area contributed by atoms with Crippen LogP contribution in [0.5, 0.6) is 11.5 Å². The fraction of sp³-hybridized carbons (Fsp3) is 0.333. The Bertz CT molecular complexity index is 1340. The summed E-state index contributed by atoms with van der Waals surface area (Å²) in [6.45, 7) is 8.32. The standard InChI is InChI=1S/C33H38N2O7/c1-5-6-21-40-32(39)23-7-11-25(12-8-23)35-30(37)22-41-31(38)20-19-29(36)34-26-13-17-28(18-14-26)42-27-15-9-24(10-16-27)33(2,3)4/h7-18H,5-6,19-22H2,1-4H3,(H,34,36)(H,35,37). The molecule has 9 heteroatoms. The summed E-state index contributed by atoms with van der Waals surface area (Å²) in [6, 6.07) is 21.0. The van der Waals surface area contributed by atoms with Gasteiger partial charge in [0.25, 0.3) is 5.91 Å². The Morgan fingerprint density at radius 2 is 1.24 bits per heavy atom. The van der Waals surface area contributed by atoms with Gasteiger partial charge in [0.1, 0.15) is 11.5 Å². The van der Waals surface area contributed by atoms with E-state index in [9.17, 15) is 19.2 Å². The van der Waals surface area contributed by atoms with E-state index in [0.29, 0.717) is 35.0 Å². The normalized spacial score (nSPS) is 10.9. The third-order valence-corrected chi connectivity index (χ3v) is 6.15. The van der Waals surface area contributed by atoms with Gasteiger partial charge >= 0.3 is 11.9 Å². The van der Waals surface area contributed by atoms with Gasteiger partial charge in [-0.15, -0.1) is 0 Å². The van der Waals surface area contributed by atoms with E-state index >= 15 is 0 Å². The maximum atomic E-state index is 12.3. The molecule has 9 nitrogen and oxygen atoms in total. The van der Waals surface area contributed by atoms with Gasteiger partial charge in [-0.2, -0.15) is 0 Å². The Morgan fingerprint density at radius 3 is 1.81 bits per heavy atom. The predicted molar refractivity (Wildman–Crippen MR) is 161 cm³/mol. The molecular formula is C33H38N2O7. The van der Waals surface area contributed by atoms with E-state index in [4.69, 9.17) is 14.2 Å². The largest absolute Gasteiger partial charge is 0.462 e. The highest BCUT2D eigenvalue weighted by molar-refractivity contribution is 5.95. The van der Waals surface area contributed by atoms with Crippen LogP contribution in [0.15, 0.2) is 72.8 Å². The van der Waals surface area contributed by atoms with Crippen molar-refractivity contribution >= 4 is 35.1 Å². The number of carbonyl (C=O) groups is 4. The maximum Gasteiger partial charge on any atom is 0.338 e. The number of anilines is 2. The van der Waals surface area contributed by atoms with Crippen molar-refractivity contribution in [2.75, 3.05) is 23.8 Å². The van der Waals surface area contributed by atoms with Crippen LogP contribution in [0, 0.1) is 0 Å². The minimum atomic E-state index is -0.674. The van der Waals surface area contributed by atoms with Gasteiger partial charge in [0.2, 0.25) is 5.91 Å². The molecule has 0 saturated carbocycles. The van der Waals surface area contributed by atoms with Crippen LogP contribution in [0.25, 0.3) is 0 Å². The molecule has 0 aliphatic heterocycles. The molecule has 0 heterocycles. The molecule has 0 atom stereocenters. The highest BCUT2D eigenvalue weighted by Crippen LogP contribution is 2.27. The predicted octanol–water partition coefficient (Wildman–Crippen LogP) is 6.63. The molecule has 0 aliphatic rings. The number of benzene rings is 3. The van der Waals surface area contributed by atoms with E-state index in [0.717, 1.165) is 12.8 Å². The second kappa shape index (κ2) is 15.4. The van der Waals surface area contributed by atoms with Gasteiger partial charge in [-0.3, -0.25) is 14.4 Å². The van der Waals surface area contributed by atoms with E-state index in [2.05, 4.69) is 31.4 Å². The molecule has 3 aromatic carbocycles. The monoisotopic (exact) mass is 574 g/mol. The van der Waals surface area contributed by atoms with Crippen molar-refractivity contribution in [1.82, 2.24) is 0 Å². The van der Waals surface area contributed by atoms with Crippen LogP contribution in [-0.2, 0) is 29.3 Å². The number of nitrogens with one attached hydrogen (secondary N) is 2. The summed E-state index contributed by atoms with van der Waals surface area (Å²) in [5.74, 6) is -0.673. The number of carbonyl (C=O) groups excluding carboxylic acids is 4. The molecule has 0 radical (unpaired) electrons. The van der Waals surface area contributed by atoms with Crippen LogP contribution in [0.3, 0.4) is 0 Å². The smallest absolute Gasteiger partial charge is 0.338 e. The Kier molecular flexibility index (Phi) is 11.7. The van der Waals surface area contributed by atoms with Crippen molar-refractivity contribution < 1.29 is 33.4 Å². The molecule has 0 bridgehead atoms.